The van der Waals surface area contributed by atoms with E-state index in [-0.39, 0.29) is 17.5 Å². The van der Waals surface area contributed by atoms with Gasteiger partial charge in [-0.25, -0.2) is 4.98 Å². The van der Waals surface area contributed by atoms with E-state index >= 15 is 0 Å². The number of carbonyl (C=O) groups excluding carboxylic acids is 1. The molecule has 0 spiro atoms. The van der Waals surface area contributed by atoms with Gasteiger partial charge in [0.25, 0.3) is 11.5 Å². The van der Waals surface area contributed by atoms with Crippen LogP contribution >= 0.6 is 11.3 Å². The van der Waals surface area contributed by atoms with E-state index in [9.17, 15) is 9.59 Å². The summed E-state index contributed by atoms with van der Waals surface area (Å²) in [4.78, 5) is 36.1. The number of para-hydroxylation sites is 1. The molecule has 4 rings (SSSR count). The number of fused-ring (bicyclic) bond motifs is 1. The van der Waals surface area contributed by atoms with Crippen LogP contribution in [-0.2, 0) is 6.54 Å². The molecule has 0 saturated carbocycles. The van der Waals surface area contributed by atoms with Gasteiger partial charge in [-0.15, -0.1) is 11.3 Å². The van der Waals surface area contributed by atoms with Crippen LogP contribution in [0.25, 0.3) is 10.9 Å². The highest BCUT2D eigenvalue weighted by molar-refractivity contribution is 7.13. The van der Waals surface area contributed by atoms with Gasteiger partial charge in [0.2, 0.25) is 0 Å². The first kappa shape index (κ1) is 17.9. The van der Waals surface area contributed by atoms with Crippen molar-refractivity contribution in [2.75, 3.05) is 13.1 Å². The van der Waals surface area contributed by atoms with E-state index < -0.39 is 0 Å². The van der Waals surface area contributed by atoms with E-state index in [1.54, 1.807) is 6.07 Å². The summed E-state index contributed by atoms with van der Waals surface area (Å²) >= 11 is 1.52. The molecule has 7 heteroatoms. The Morgan fingerprint density at radius 2 is 2.04 bits per heavy atom. The van der Waals surface area contributed by atoms with Crippen molar-refractivity contribution in [2.24, 2.45) is 0 Å². The third-order valence-corrected chi connectivity index (χ3v) is 5.92. The van der Waals surface area contributed by atoms with Gasteiger partial charge in [-0.05, 0) is 44.0 Å². The zero-order valence-electron chi connectivity index (χ0n) is 15.2. The highest BCUT2D eigenvalue weighted by Gasteiger charge is 2.22. The van der Waals surface area contributed by atoms with E-state index in [1.165, 1.54) is 11.3 Å². The molecular formula is C20H22N4O2S. The van der Waals surface area contributed by atoms with Gasteiger partial charge in [0.1, 0.15) is 5.82 Å². The minimum Gasteiger partial charge on any atom is -0.349 e. The van der Waals surface area contributed by atoms with Crippen molar-refractivity contribution in [3.05, 3.63) is 62.3 Å². The summed E-state index contributed by atoms with van der Waals surface area (Å²) in [5, 5.41) is 3.75. The summed E-state index contributed by atoms with van der Waals surface area (Å²) in [5.74, 6) is 0.710. The van der Waals surface area contributed by atoms with Crippen LogP contribution in [0.1, 0.15) is 33.2 Å². The van der Waals surface area contributed by atoms with Crippen molar-refractivity contribution >= 4 is 28.1 Å². The molecule has 2 aromatic heterocycles. The number of thiophene rings is 1. The molecule has 3 aromatic rings. The van der Waals surface area contributed by atoms with Crippen molar-refractivity contribution in [3.8, 4) is 0 Å². The smallest absolute Gasteiger partial charge is 0.261 e. The summed E-state index contributed by atoms with van der Waals surface area (Å²) in [5.41, 5.74) is 0.633. The van der Waals surface area contributed by atoms with Crippen LogP contribution in [0.3, 0.4) is 0 Å². The quantitative estimate of drug-likeness (QED) is 0.727. The van der Waals surface area contributed by atoms with Crippen LogP contribution in [0.15, 0.2) is 41.2 Å². The summed E-state index contributed by atoms with van der Waals surface area (Å²) in [6.07, 6.45) is 1.79. The molecule has 0 bridgehead atoms. The molecule has 0 unspecified atom stereocenters. The minimum absolute atomic E-state index is 0.0204. The van der Waals surface area contributed by atoms with Gasteiger partial charge in [0, 0.05) is 24.0 Å². The average Bonchev–Trinajstić information content (AvgIpc) is 3.10. The van der Waals surface area contributed by atoms with E-state index in [0.29, 0.717) is 17.8 Å². The minimum atomic E-state index is -0.0935. The van der Waals surface area contributed by atoms with Crippen molar-refractivity contribution in [2.45, 2.75) is 32.4 Å². The lowest BCUT2D eigenvalue weighted by Crippen LogP contribution is -2.44. The number of aromatic nitrogens is 2. The van der Waals surface area contributed by atoms with Crippen LogP contribution in [-0.4, -0.2) is 39.9 Å². The molecule has 0 radical (unpaired) electrons. The Hall–Kier alpha value is -2.51. The molecule has 2 N–H and O–H groups in total. The van der Waals surface area contributed by atoms with Crippen LogP contribution < -0.4 is 10.9 Å². The summed E-state index contributed by atoms with van der Waals surface area (Å²) < 4.78 is 0. The largest absolute Gasteiger partial charge is 0.349 e. The van der Waals surface area contributed by atoms with E-state index in [0.717, 1.165) is 41.2 Å². The first-order valence-corrected chi connectivity index (χ1v) is 9.98. The van der Waals surface area contributed by atoms with Gasteiger partial charge in [-0.3, -0.25) is 14.5 Å². The number of nitrogens with one attached hydrogen (secondary N) is 2. The monoisotopic (exact) mass is 382 g/mol. The lowest BCUT2D eigenvalue weighted by molar-refractivity contribution is 0.0912. The Balaban J connectivity index is 1.34. The van der Waals surface area contributed by atoms with Crippen molar-refractivity contribution in [1.82, 2.24) is 20.2 Å². The lowest BCUT2D eigenvalue weighted by atomic mass is 10.0. The normalized spacial score (nSPS) is 15.9. The molecule has 0 aliphatic carbocycles. The molecule has 1 aliphatic heterocycles. The molecular weight excluding hydrogens is 360 g/mol. The number of amides is 1. The standard InChI is InChI=1S/C20H22N4O2S/c1-13-6-7-17(27-13)20(26)21-14-8-10-24(11-9-14)12-18-22-16-5-3-2-4-15(16)19(25)23-18/h2-7,14H,8-12H2,1H3,(H,21,26)(H,22,23,25). The third kappa shape index (κ3) is 4.09. The fraction of sp³-hybridized carbons (Fsp3) is 0.350. The van der Waals surface area contributed by atoms with Crippen molar-refractivity contribution < 1.29 is 4.79 Å². The number of carbonyl (C=O) groups is 1. The first-order chi connectivity index (χ1) is 13.1. The van der Waals surface area contributed by atoms with E-state index in [1.807, 2.05) is 37.3 Å². The predicted octanol–water partition coefficient (Wildman–Crippen LogP) is 2.69. The van der Waals surface area contributed by atoms with E-state index in [2.05, 4.69) is 20.2 Å². The van der Waals surface area contributed by atoms with Gasteiger partial charge in [-0.2, -0.15) is 0 Å². The number of benzene rings is 1. The number of piperidine rings is 1. The Morgan fingerprint density at radius 3 is 2.78 bits per heavy atom. The predicted molar refractivity (Wildman–Crippen MR) is 107 cm³/mol. The maximum atomic E-state index is 12.3. The number of H-pyrrole nitrogens is 1. The van der Waals surface area contributed by atoms with Crippen molar-refractivity contribution in [3.63, 3.8) is 0 Å². The number of hydrogen-bond donors (Lipinski definition) is 2. The maximum absolute atomic E-state index is 12.3. The molecule has 1 aromatic carbocycles. The second-order valence-electron chi connectivity index (χ2n) is 6.96. The Morgan fingerprint density at radius 1 is 1.26 bits per heavy atom. The fourth-order valence-corrected chi connectivity index (χ4v) is 4.24. The molecule has 1 aliphatic rings. The molecule has 140 valence electrons. The van der Waals surface area contributed by atoms with Gasteiger partial charge >= 0.3 is 0 Å². The molecule has 27 heavy (non-hydrogen) atoms. The number of aryl methyl sites for hydroxylation is 1. The summed E-state index contributed by atoms with van der Waals surface area (Å²) in [7, 11) is 0. The number of likely N-dealkylation sites (tertiary alicyclic amines) is 1. The zero-order valence-corrected chi connectivity index (χ0v) is 16.0. The molecule has 1 amide bonds. The first-order valence-electron chi connectivity index (χ1n) is 9.16. The Bertz CT molecular complexity index is 1020. The van der Waals surface area contributed by atoms with E-state index in [4.69, 9.17) is 0 Å². The number of nitrogens with zero attached hydrogens (tertiary/aromatic N) is 2. The van der Waals surface area contributed by atoms with Crippen molar-refractivity contribution in [1.29, 1.82) is 0 Å². The summed E-state index contributed by atoms with van der Waals surface area (Å²) in [6, 6.07) is 11.4. The van der Waals surface area contributed by atoms with Crippen LogP contribution in [0.4, 0.5) is 0 Å². The van der Waals surface area contributed by atoms with Crippen LogP contribution in [0.2, 0.25) is 0 Å². The van der Waals surface area contributed by atoms with Gasteiger partial charge in [-0.1, -0.05) is 12.1 Å². The SMILES string of the molecule is Cc1ccc(C(=O)NC2CCN(Cc3nc4ccccc4c(=O)[nH]3)CC2)s1. The molecule has 0 atom stereocenters. The molecule has 1 fully saturated rings. The third-order valence-electron chi connectivity index (χ3n) is 4.92. The topological polar surface area (TPSA) is 78.1 Å². The van der Waals surface area contributed by atoms with Gasteiger partial charge < -0.3 is 10.3 Å². The Labute approximate surface area is 161 Å². The van der Waals surface area contributed by atoms with Gasteiger partial charge in [0.05, 0.1) is 22.3 Å². The van der Waals surface area contributed by atoms with Crippen LogP contribution in [0.5, 0.6) is 0 Å². The highest BCUT2D eigenvalue weighted by Crippen LogP contribution is 2.17. The summed E-state index contributed by atoms with van der Waals surface area (Å²) in [6.45, 7) is 4.35. The molecule has 6 nitrogen and oxygen atoms in total. The van der Waals surface area contributed by atoms with Crippen LogP contribution in [0, 0.1) is 6.92 Å². The average molecular weight is 382 g/mol. The number of rotatable bonds is 4. The van der Waals surface area contributed by atoms with Gasteiger partial charge in [0.15, 0.2) is 0 Å². The zero-order chi connectivity index (χ0) is 18.8. The number of aromatic amines is 1. The molecule has 3 heterocycles. The number of hydrogen-bond acceptors (Lipinski definition) is 5. The fourth-order valence-electron chi connectivity index (χ4n) is 3.47. The second kappa shape index (κ2) is 7.62. The Kier molecular flexibility index (Phi) is 5.05. The maximum Gasteiger partial charge on any atom is 0.261 e. The highest BCUT2D eigenvalue weighted by atomic mass is 32.1. The molecule has 1 saturated heterocycles. The lowest BCUT2D eigenvalue weighted by Gasteiger charge is -2.31. The second-order valence-corrected chi connectivity index (χ2v) is 8.25.